The highest BCUT2D eigenvalue weighted by Gasteiger charge is 2.13. The first kappa shape index (κ1) is 11.8. The summed E-state index contributed by atoms with van der Waals surface area (Å²) in [4.78, 5) is 21.6. The van der Waals surface area contributed by atoms with Gasteiger partial charge in [-0.1, -0.05) is 6.08 Å². The Hall–Kier alpha value is -1.16. The molecule has 0 radical (unpaired) electrons. The Morgan fingerprint density at radius 3 is 2.54 bits per heavy atom. The van der Waals surface area contributed by atoms with E-state index in [4.69, 9.17) is 0 Å². The number of esters is 1. The Morgan fingerprint density at radius 1 is 1.46 bits per heavy atom. The van der Waals surface area contributed by atoms with Gasteiger partial charge >= 0.3 is 5.97 Å². The molecule has 0 bridgehead atoms. The molecule has 0 amide bonds. The van der Waals surface area contributed by atoms with Crippen molar-refractivity contribution < 1.29 is 19.4 Å². The number of carbonyl (C=O) groups excluding carboxylic acids is 2. The molecule has 13 heavy (non-hydrogen) atoms. The first-order valence-electron chi connectivity index (χ1n) is 4.00. The molecule has 0 rings (SSSR count). The minimum absolute atomic E-state index is 0.0422. The van der Waals surface area contributed by atoms with Gasteiger partial charge in [-0.3, -0.25) is 9.59 Å². The Morgan fingerprint density at radius 2 is 2.08 bits per heavy atom. The first-order valence-corrected chi connectivity index (χ1v) is 4.00. The zero-order valence-electron chi connectivity index (χ0n) is 7.82. The van der Waals surface area contributed by atoms with Crippen LogP contribution in [0.5, 0.6) is 0 Å². The van der Waals surface area contributed by atoms with E-state index in [-0.39, 0.29) is 18.6 Å². The SMILES string of the molecule is C/C=C/C(=O)CC(O)CC(=O)OC. The molecule has 0 aromatic heterocycles. The van der Waals surface area contributed by atoms with Crippen molar-refractivity contribution in [2.75, 3.05) is 7.11 Å². The average molecular weight is 186 g/mol. The minimum atomic E-state index is -0.948. The third-order valence-corrected chi connectivity index (χ3v) is 1.42. The Kier molecular flexibility index (Phi) is 5.80. The number of rotatable bonds is 5. The van der Waals surface area contributed by atoms with Gasteiger partial charge in [0.05, 0.1) is 19.6 Å². The van der Waals surface area contributed by atoms with Crippen LogP contribution in [0.3, 0.4) is 0 Å². The van der Waals surface area contributed by atoms with Crippen molar-refractivity contribution in [1.82, 2.24) is 0 Å². The van der Waals surface area contributed by atoms with Gasteiger partial charge in [-0.05, 0) is 13.0 Å². The van der Waals surface area contributed by atoms with Gasteiger partial charge in [-0.2, -0.15) is 0 Å². The fraction of sp³-hybridized carbons (Fsp3) is 0.556. The lowest BCUT2D eigenvalue weighted by Gasteiger charge is -2.05. The summed E-state index contributed by atoms with van der Waals surface area (Å²) in [6, 6.07) is 0. The molecule has 0 fully saturated rings. The molecule has 0 saturated heterocycles. The molecule has 0 aliphatic heterocycles. The molecule has 1 N–H and O–H groups in total. The molecule has 0 saturated carbocycles. The molecule has 0 aliphatic rings. The van der Waals surface area contributed by atoms with Crippen LogP contribution in [0.25, 0.3) is 0 Å². The van der Waals surface area contributed by atoms with Crippen LogP contribution in [0.2, 0.25) is 0 Å². The van der Waals surface area contributed by atoms with Gasteiger partial charge in [0.25, 0.3) is 0 Å². The lowest BCUT2D eigenvalue weighted by molar-refractivity contribution is -0.143. The van der Waals surface area contributed by atoms with Crippen LogP contribution >= 0.6 is 0 Å². The number of hydrogen-bond acceptors (Lipinski definition) is 4. The van der Waals surface area contributed by atoms with Gasteiger partial charge in [0.15, 0.2) is 5.78 Å². The van der Waals surface area contributed by atoms with E-state index >= 15 is 0 Å². The molecule has 4 nitrogen and oxygen atoms in total. The first-order chi connectivity index (χ1) is 6.10. The number of aliphatic hydroxyl groups is 1. The standard InChI is InChI=1S/C9H14O4/c1-3-4-7(10)5-8(11)6-9(12)13-2/h3-4,8,11H,5-6H2,1-2H3/b4-3+. The van der Waals surface area contributed by atoms with E-state index in [2.05, 4.69) is 4.74 Å². The predicted molar refractivity (Wildman–Crippen MR) is 47.1 cm³/mol. The maximum atomic E-state index is 10.9. The van der Waals surface area contributed by atoms with Crippen LogP contribution in [0.15, 0.2) is 12.2 Å². The van der Waals surface area contributed by atoms with Crippen molar-refractivity contribution in [3.8, 4) is 0 Å². The number of ketones is 1. The summed E-state index contributed by atoms with van der Waals surface area (Å²) in [5.41, 5.74) is 0. The van der Waals surface area contributed by atoms with E-state index < -0.39 is 12.1 Å². The largest absolute Gasteiger partial charge is 0.469 e. The summed E-state index contributed by atoms with van der Waals surface area (Å²) in [6.45, 7) is 1.71. The summed E-state index contributed by atoms with van der Waals surface area (Å²) in [7, 11) is 1.24. The van der Waals surface area contributed by atoms with Crippen LogP contribution in [0.4, 0.5) is 0 Å². The second-order valence-electron chi connectivity index (χ2n) is 2.60. The molecule has 4 heteroatoms. The summed E-state index contributed by atoms with van der Waals surface area (Å²) < 4.78 is 4.33. The number of aliphatic hydroxyl groups excluding tert-OH is 1. The monoisotopic (exact) mass is 186 g/mol. The lowest BCUT2D eigenvalue weighted by atomic mass is 10.1. The molecule has 74 valence electrons. The van der Waals surface area contributed by atoms with Crippen molar-refractivity contribution >= 4 is 11.8 Å². The quantitative estimate of drug-likeness (QED) is 0.500. The summed E-state index contributed by atoms with van der Waals surface area (Å²) in [6.07, 6.45) is 1.82. The van der Waals surface area contributed by atoms with Gasteiger partial charge in [0, 0.05) is 6.42 Å². The zero-order chi connectivity index (χ0) is 10.3. The highest BCUT2D eigenvalue weighted by molar-refractivity contribution is 5.90. The molecule has 0 aromatic rings. The Balaban J connectivity index is 3.80. The minimum Gasteiger partial charge on any atom is -0.469 e. The topological polar surface area (TPSA) is 63.6 Å². The summed E-state index contributed by atoms with van der Waals surface area (Å²) in [5, 5.41) is 9.19. The number of hydrogen-bond donors (Lipinski definition) is 1. The molecular weight excluding hydrogens is 172 g/mol. The fourth-order valence-electron chi connectivity index (χ4n) is 0.834. The van der Waals surface area contributed by atoms with E-state index in [1.165, 1.54) is 13.2 Å². The van der Waals surface area contributed by atoms with Crippen LogP contribution in [-0.4, -0.2) is 30.1 Å². The van der Waals surface area contributed by atoms with Crippen LogP contribution in [-0.2, 0) is 14.3 Å². The maximum absolute atomic E-state index is 10.9. The summed E-state index contributed by atoms with van der Waals surface area (Å²) in [5.74, 6) is -0.709. The average Bonchev–Trinajstić information content (AvgIpc) is 2.04. The van der Waals surface area contributed by atoms with Gasteiger partial charge in [0.2, 0.25) is 0 Å². The molecule has 1 atom stereocenters. The predicted octanol–water partition coefficient (Wildman–Crippen LogP) is 0.446. The van der Waals surface area contributed by atoms with Crippen molar-refractivity contribution in [2.24, 2.45) is 0 Å². The van der Waals surface area contributed by atoms with E-state index in [1.807, 2.05) is 0 Å². The summed E-state index contributed by atoms with van der Waals surface area (Å²) >= 11 is 0. The maximum Gasteiger partial charge on any atom is 0.308 e. The van der Waals surface area contributed by atoms with E-state index in [0.717, 1.165) is 0 Å². The number of allylic oxidation sites excluding steroid dienone is 2. The van der Waals surface area contributed by atoms with E-state index in [0.29, 0.717) is 0 Å². The highest BCUT2D eigenvalue weighted by Crippen LogP contribution is 2.00. The van der Waals surface area contributed by atoms with Gasteiger partial charge in [-0.25, -0.2) is 0 Å². The number of ether oxygens (including phenoxy) is 1. The van der Waals surface area contributed by atoms with Gasteiger partial charge in [0.1, 0.15) is 0 Å². The number of carbonyl (C=O) groups is 2. The molecule has 0 aromatic carbocycles. The number of methoxy groups -OCH3 is 1. The van der Waals surface area contributed by atoms with Gasteiger partial charge < -0.3 is 9.84 Å². The van der Waals surface area contributed by atoms with E-state index in [1.54, 1.807) is 13.0 Å². The van der Waals surface area contributed by atoms with Crippen LogP contribution < -0.4 is 0 Å². The molecular formula is C9H14O4. The van der Waals surface area contributed by atoms with Crippen molar-refractivity contribution in [1.29, 1.82) is 0 Å². The highest BCUT2D eigenvalue weighted by atomic mass is 16.5. The Bertz CT molecular complexity index is 208. The Labute approximate surface area is 77.2 Å². The van der Waals surface area contributed by atoms with E-state index in [9.17, 15) is 14.7 Å². The normalized spacial score (nSPS) is 12.8. The van der Waals surface area contributed by atoms with Gasteiger partial charge in [-0.15, -0.1) is 0 Å². The van der Waals surface area contributed by atoms with Crippen LogP contribution in [0, 0.1) is 0 Å². The van der Waals surface area contributed by atoms with Crippen molar-refractivity contribution in [3.63, 3.8) is 0 Å². The van der Waals surface area contributed by atoms with Crippen LogP contribution in [0.1, 0.15) is 19.8 Å². The lowest BCUT2D eigenvalue weighted by Crippen LogP contribution is -2.17. The second kappa shape index (κ2) is 6.37. The zero-order valence-corrected chi connectivity index (χ0v) is 7.82. The fourth-order valence-corrected chi connectivity index (χ4v) is 0.834. The second-order valence-corrected chi connectivity index (χ2v) is 2.60. The van der Waals surface area contributed by atoms with Crippen molar-refractivity contribution in [3.05, 3.63) is 12.2 Å². The molecule has 1 unspecified atom stereocenters. The molecule has 0 spiro atoms. The molecule has 0 aliphatic carbocycles. The molecule has 0 heterocycles. The third kappa shape index (κ3) is 6.04. The van der Waals surface area contributed by atoms with Crippen molar-refractivity contribution in [2.45, 2.75) is 25.9 Å². The third-order valence-electron chi connectivity index (χ3n) is 1.42. The smallest absolute Gasteiger partial charge is 0.308 e.